The van der Waals surface area contributed by atoms with Crippen LogP contribution in [0.2, 0.25) is 0 Å². The van der Waals surface area contributed by atoms with Gasteiger partial charge in [0.1, 0.15) is 27.5 Å². The first kappa shape index (κ1) is 21.9. The van der Waals surface area contributed by atoms with Gasteiger partial charge in [-0.2, -0.15) is 0 Å². The maximum atomic E-state index is 12.8. The molecule has 2 aliphatic rings. The molecule has 1 aromatic heterocycles. The molecule has 0 spiro atoms. The molecular formula is C20H20N4O4S3. The number of benzene rings is 1. The molecule has 8 nitrogen and oxygen atoms in total. The smallest absolute Gasteiger partial charge is 0.352 e. The summed E-state index contributed by atoms with van der Waals surface area (Å²) < 4.78 is 0.858. The first-order chi connectivity index (χ1) is 14.9. The number of carboxylic acids is 1. The lowest BCUT2D eigenvalue weighted by Crippen LogP contribution is -2.71. The Morgan fingerprint density at radius 1 is 1.39 bits per heavy atom. The second-order valence-electron chi connectivity index (χ2n) is 7.07. The Morgan fingerprint density at radius 3 is 2.77 bits per heavy atom. The van der Waals surface area contributed by atoms with Crippen molar-refractivity contribution in [1.82, 2.24) is 15.2 Å². The highest BCUT2D eigenvalue weighted by Crippen LogP contribution is 2.42. The summed E-state index contributed by atoms with van der Waals surface area (Å²) >= 11 is 4.45. The van der Waals surface area contributed by atoms with E-state index in [1.807, 2.05) is 13.0 Å². The van der Waals surface area contributed by atoms with Gasteiger partial charge in [-0.15, -0.1) is 23.1 Å². The van der Waals surface area contributed by atoms with Crippen LogP contribution in [0.3, 0.4) is 0 Å². The molecule has 3 heterocycles. The Labute approximate surface area is 191 Å². The zero-order chi connectivity index (χ0) is 22.1. The SMILES string of the molecule is Cc1cnc(SCC2=C(C(=O)O)N3C(=O)C(NC(=O)C(N)c4ccccc4)[C@@H]3SC2)s1. The van der Waals surface area contributed by atoms with E-state index in [-0.39, 0.29) is 5.70 Å². The van der Waals surface area contributed by atoms with Gasteiger partial charge in [-0.3, -0.25) is 14.5 Å². The monoisotopic (exact) mass is 476 g/mol. The van der Waals surface area contributed by atoms with Gasteiger partial charge >= 0.3 is 5.97 Å². The van der Waals surface area contributed by atoms with E-state index in [1.54, 1.807) is 41.8 Å². The Morgan fingerprint density at radius 2 is 2.13 bits per heavy atom. The minimum atomic E-state index is -1.14. The molecule has 2 aromatic rings. The second kappa shape index (κ2) is 9.03. The standard InChI is InChI=1S/C20H20N4O4S3/c1-10-7-22-20(31-10)30-9-12-8-29-18-14(17(26)24(18)15(12)19(27)28)23-16(25)13(21)11-5-3-2-4-6-11/h2-7,13-14,18H,8-9,21H2,1H3,(H,23,25)(H,27,28)/t13?,14?,18-/m0/s1. The van der Waals surface area contributed by atoms with Crippen molar-refractivity contribution in [1.29, 1.82) is 0 Å². The molecule has 2 amide bonds. The predicted octanol–water partition coefficient (Wildman–Crippen LogP) is 1.98. The third-order valence-electron chi connectivity index (χ3n) is 4.96. The van der Waals surface area contributed by atoms with E-state index >= 15 is 0 Å². The van der Waals surface area contributed by atoms with Gasteiger partial charge < -0.3 is 16.2 Å². The van der Waals surface area contributed by atoms with Crippen LogP contribution >= 0.6 is 34.9 Å². The molecule has 0 saturated carbocycles. The quantitative estimate of drug-likeness (QED) is 0.409. The Bertz CT molecular complexity index is 1060. The van der Waals surface area contributed by atoms with Gasteiger partial charge in [0.15, 0.2) is 0 Å². The fourth-order valence-corrected chi connectivity index (χ4v) is 6.83. The highest BCUT2D eigenvalue weighted by molar-refractivity contribution is 8.01. The van der Waals surface area contributed by atoms with Gasteiger partial charge in [0, 0.05) is 22.6 Å². The van der Waals surface area contributed by atoms with E-state index in [0.29, 0.717) is 22.6 Å². The summed E-state index contributed by atoms with van der Waals surface area (Å²) in [4.78, 5) is 43.9. The number of thiazole rings is 1. The number of fused-ring (bicyclic) bond motifs is 1. The Hall–Kier alpha value is -2.34. The molecule has 162 valence electrons. The van der Waals surface area contributed by atoms with Crippen molar-refractivity contribution < 1.29 is 19.5 Å². The minimum absolute atomic E-state index is 0.00684. The number of nitrogens with two attached hydrogens (primary N) is 1. The number of rotatable bonds is 7. The van der Waals surface area contributed by atoms with Gasteiger partial charge in [0.05, 0.1) is 0 Å². The van der Waals surface area contributed by atoms with Crippen LogP contribution in [0.4, 0.5) is 0 Å². The number of aryl methyl sites for hydroxylation is 1. The molecule has 2 aliphatic heterocycles. The lowest BCUT2D eigenvalue weighted by atomic mass is 10.0. The van der Waals surface area contributed by atoms with E-state index in [9.17, 15) is 19.5 Å². The van der Waals surface area contributed by atoms with Crippen LogP contribution in [0.1, 0.15) is 16.5 Å². The highest BCUT2D eigenvalue weighted by atomic mass is 32.2. The van der Waals surface area contributed by atoms with E-state index in [2.05, 4.69) is 10.3 Å². The molecule has 1 aromatic carbocycles. The van der Waals surface area contributed by atoms with Crippen LogP contribution in [0, 0.1) is 6.92 Å². The third-order valence-corrected chi connectivity index (χ3v) is 8.45. The summed E-state index contributed by atoms with van der Waals surface area (Å²) in [5, 5.41) is 12.0. The predicted molar refractivity (Wildman–Crippen MR) is 121 cm³/mol. The number of thioether (sulfide) groups is 2. The maximum Gasteiger partial charge on any atom is 0.352 e. The summed E-state index contributed by atoms with van der Waals surface area (Å²) in [6, 6.07) is 7.18. The van der Waals surface area contributed by atoms with Crippen LogP contribution < -0.4 is 11.1 Å². The zero-order valence-electron chi connectivity index (χ0n) is 16.5. The van der Waals surface area contributed by atoms with Gasteiger partial charge in [0.25, 0.3) is 5.91 Å². The van der Waals surface area contributed by atoms with E-state index in [0.717, 1.165) is 9.22 Å². The summed E-state index contributed by atoms with van der Waals surface area (Å²) in [5.41, 5.74) is 7.34. The average molecular weight is 477 g/mol. The molecule has 2 unspecified atom stereocenters. The van der Waals surface area contributed by atoms with E-state index in [1.165, 1.54) is 28.4 Å². The van der Waals surface area contributed by atoms with Crippen molar-refractivity contribution in [3.05, 3.63) is 58.2 Å². The van der Waals surface area contributed by atoms with Gasteiger partial charge in [0.2, 0.25) is 5.91 Å². The molecule has 0 bridgehead atoms. The van der Waals surface area contributed by atoms with Gasteiger partial charge in [-0.1, -0.05) is 42.1 Å². The van der Waals surface area contributed by atoms with Crippen molar-refractivity contribution in [2.75, 3.05) is 11.5 Å². The van der Waals surface area contributed by atoms with E-state index in [4.69, 9.17) is 5.73 Å². The Kier molecular flexibility index (Phi) is 6.37. The molecule has 0 aliphatic carbocycles. The number of aromatic nitrogens is 1. The number of carbonyl (C=O) groups is 3. The lowest BCUT2D eigenvalue weighted by Gasteiger charge is -2.49. The molecule has 4 N–H and O–H groups in total. The Balaban J connectivity index is 1.45. The second-order valence-corrected chi connectivity index (χ2v) is 10.6. The van der Waals surface area contributed by atoms with Crippen molar-refractivity contribution >= 4 is 52.6 Å². The molecule has 1 saturated heterocycles. The van der Waals surface area contributed by atoms with E-state index < -0.39 is 35.2 Å². The van der Waals surface area contributed by atoms with Crippen molar-refractivity contribution in [3.63, 3.8) is 0 Å². The summed E-state index contributed by atoms with van der Waals surface area (Å²) in [5.74, 6) is -1.14. The molecule has 4 rings (SSSR count). The number of carboxylic acid groups (broad SMARTS) is 1. The molecule has 11 heteroatoms. The topological polar surface area (TPSA) is 126 Å². The zero-order valence-corrected chi connectivity index (χ0v) is 18.9. The van der Waals surface area contributed by atoms with Gasteiger partial charge in [-0.05, 0) is 18.1 Å². The van der Waals surface area contributed by atoms with Crippen LogP contribution in [-0.2, 0) is 14.4 Å². The number of carbonyl (C=O) groups excluding carboxylic acids is 2. The molecule has 0 radical (unpaired) electrons. The summed E-state index contributed by atoms with van der Waals surface area (Å²) in [6.07, 6.45) is 1.78. The van der Waals surface area contributed by atoms with Crippen molar-refractivity contribution in [3.8, 4) is 0 Å². The molecule has 1 fully saturated rings. The van der Waals surface area contributed by atoms with Crippen LogP contribution in [-0.4, -0.2) is 55.7 Å². The number of β-lactam (4-membered cyclic amide) rings is 1. The van der Waals surface area contributed by atoms with Crippen LogP contribution in [0.15, 0.2) is 52.1 Å². The lowest BCUT2D eigenvalue weighted by molar-refractivity contribution is -0.150. The minimum Gasteiger partial charge on any atom is -0.477 e. The third kappa shape index (κ3) is 4.36. The fraction of sp³-hybridized carbons (Fsp3) is 0.300. The first-order valence-electron chi connectivity index (χ1n) is 9.43. The number of aliphatic carboxylic acids is 1. The number of nitrogens with one attached hydrogen (secondary N) is 1. The fourth-order valence-electron chi connectivity index (χ4n) is 3.40. The number of hydrogen-bond acceptors (Lipinski definition) is 8. The maximum absolute atomic E-state index is 12.8. The normalized spacial score (nSPS) is 21.4. The molecule has 3 atom stereocenters. The number of hydrogen-bond donors (Lipinski definition) is 3. The average Bonchev–Trinajstić information content (AvgIpc) is 3.20. The number of amides is 2. The number of nitrogens with zero attached hydrogens (tertiary/aromatic N) is 2. The molecular weight excluding hydrogens is 456 g/mol. The van der Waals surface area contributed by atoms with Crippen LogP contribution in [0.25, 0.3) is 0 Å². The largest absolute Gasteiger partial charge is 0.477 e. The van der Waals surface area contributed by atoms with Crippen molar-refractivity contribution in [2.45, 2.75) is 28.7 Å². The van der Waals surface area contributed by atoms with Gasteiger partial charge in [-0.25, -0.2) is 9.78 Å². The molecule has 31 heavy (non-hydrogen) atoms. The summed E-state index contributed by atoms with van der Waals surface area (Å²) in [6.45, 7) is 1.96. The van der Waals surface area contributed by atoms with Crippen molar-refractivity contribution in [2.24, 2.45) is 5.73 Å². The first-order valence-corrected chi connectivity index (χ1v) is 12.3. The van der Waals surface area contributed by atoms with Crippen LogP contribution in [0.5, 0.6) is 0 Å². The highest BCUT2D eigenvalue weighted by Gasteiger charge is 2.54. The summed E-state index contributed by atoms with van der Waals surface area (Å²) in [7, 11) is 0.